The number of rotatable bonds is 6. The molecule has 0 bridgehead atoms. The van der Waals surface area contributed by atoms with Gasteiger partial charge in [-0.1, -0.05) is 37.3 Å². The number of para-hydroxylation sites is 1. The van der Waals surface area contributed by atoms with Crippen molar-refractivity contribution < 1.29 is 4.79 Å². The van der Waals surface area contributed by atoms with Gasteiger partial charge in [0.2, 0.25) is 0 Å². The lowest BCUT2D eigenvalue weighted by atomic mass is 10.1. The molecule has 0 spiro atoms. The van der Waals surface area contributed by atoms with Crippen LogP contribution in [0.3, 0.4) is 0 Å². The number of carbonyl (C=O) groups excluding carboxylic acids is 1. The van der Waals surface area contributed by atoms with Gasteiger partial charge in [0, 0.05) is 12.2 Å². The van der Waals surface area contributed by atoms with Gasteiger partial charge in [0.1, 0.15) is 0 Å². The Balaban J connectivity index is 1.84. The van der Waals surface area contributed by atoms with Gasteiger partial charge in [-0.05, 0) is 50.3 Å². The van der Waals surface area contributed by atoms with E-state index in [-0.39, 0.29) is 5.91 Å². The molecule has 0 aliphatic carbocycles. The Kier molecular flexibility index (Phi) is 5.49. The fourth-order valence-electron chi connectivity index (χ4n) is 3.01. The minimum Gasteiger partial charge on any atom is -0.322 e. The van der Waals surface area contributed by atoms with Crippen LogP contribution in [0.4, 0.5) is 5.69 Å². The van der Waals surface area contributed by atoms with Crippen LogP contribution in [0.25, 0.3) is 5.69 Å². The summed E-state index contributed by atoms with van der Waals surface area (Å²) in [4.78, 5) is 14.9. The van der Waals surface area contributed by atoms with E-state index in [4.69, 9.17) is 0 Å². The SMILES string of the molecule is CCc1c(C(=O)Nc2cccc(CN(C)C)c2)cnn1-c1ccccc1. The van der Waals surface area contributed by atoms with Crippen LogP contribution in [0.5, 0.6) is 0 Å². The Morgan fingerprint density at radius 1 is 1.12 bits per heavy atom. The fourth-order valence-corrected chi connectivity index (χ4v) is 3.01. The summed E-state index contributed by atoms with van der Waals surface area (Å²) < 4.78 is 1.83. The monoisotopic (exact) mass is 348 g/mol. The predicted octanol–water partition coefficient (Wildman–Crippen LogP) is 3.75. The normalized spacial score (nSPS) is 10.9. The number of hydrogen-bond acceptors (Lipinski definition) is 3. The zero-order valence-electron chi connectivity index (χ0n) is 15.4. The lowest BCUT2D eigenvalue weighted by Crippen LogP contribution is -2.15. The molecule has 0 atom stereocenters. The molecule has 1 heterocycles. The molecule has 0 fully saturated rings. The van der Waals surface area contributed by atoms with E-state index in [0.29, 0.717) is 5.56 Å². The lowest BCUT2D eigenvalue weighted by Gasteiger charge is -2.12. The average Bonchev–Trinajstić information content (AvgIpc) is 3.06. The summed E-state index contributed by atoms with van der Waals surface area (Å²) in [5.74, 6) is -0.133. The number of benzene rings is 2. The molecule has 3 rings (SSSR count). The highest BCUT2D eigenvalue weighted by Crippen LogP contribution is 2.18. The molecule has 5 heteroatoms. The first-order valence-electron chi connectivity index (χ1n) is 8.76. The van der Waals surface area contributed by atoms with Crippen molar-refractivity contribution in [1.29, 1.82) is 0 Å². The topological polar surface area (TPSA) is 50.2 Å². The molecule has 26 heavy (non-hydrogen) atoms. The highest BCUT2D eigenvalue weighted by atomic mass is 16.1. The maximum Gasteiger partial charge on any atom is 0.259 e. The predicted molar refractivity (Wildman–Crippen MR) is 105 cm³/mol. The second-order valence-corrected chi connectivity index (χ2v) is 6.50. The molecule has 0 unspecified atom stereocenters. The molecule has 2 aromatic carbocycles. The van der Waals surface area contributed by atoms with Crippen LogP contribution in [0.2, 0.25) is 0 Å². The van der Waals surface area contributed by atoms with E-state index in [1.54, 1.807) is 6.20 Å². The Bertz CT molecular complexity index is 884. The van der Waals surface area contributed by atoms with Gasteiger partial charge < -0.3 is 10.2 Å². The van der Waals surface area contributed by atoms with Crippen molar-refractivity contribution in [3.05, 3.63) is 77.6 Å². The average molecular weight is 348 g/mol. The van der Waals surface area contributed by atoms with E-state index in [9.17, 15) is 4.79 Å². The molecule has 0 saturated heterocycles. The van der Waals surface area contributed by atoms with Gasteiger partial charge in [-0.15, -0.1) is 0 Å². The third-order valence-electron chi connectivity index (χ3n) is 4.13. The van der Waals surface area contributed by atoms with Crippen molar-refractivity contribution in [2.24, 2.45) is 0 Å². The molecule has 0 radical (unpaired) electrons. The number of anilines is 1. The van der Waals surface area contributed by atoms with Crippen LogP contribution in [0, 0.1) is 0 Å². The van der Waals surface area contributed by atoms with Crippen LogP contribution in [-0.4, -0.2) is 34.7 Å². The minimum atomic E-state index is -0.133. The second-order valence-electron chi connectivity index (χ2n) is 6.50. The molecular formula is C21H24N4O. The standard InChI is InChI=1S/C21H24N4O/c1-4-20-19(14-22-25(20)18-11-6-5-7-12-18)21(26)23-17-10-8-9-16(13-17)15-24(2)3/h5-14H,4,15H2,1-3H3,(H,23,26). The molecular weight excluding hydrogens is 324 g/mol. The highest BCUT2D eigenvalue weighted by Gasteiger charge is 2.17. The Labute approximate surface area is 154 Å². The first-order chi connectivity index (χ1) is 12.6. The summed E-state index contributed by atoms with van der Waals surface area (Å²) in [5.41, 5.74) is 4.41. The van der Waals surface area contributed by atoms with Crippen molar-refractivity contribution in [2.75, 3.05) is 19.4 Å². The van der Waals surface area contributed by atoms with Crippen molar-refractivity contribution in [3.8, 4) is 5.69 Å². The van der Waals surface area contributed by atoms with Crippen LogP contribution in [0.15, 0.2) is 60.8 Å². The highest BCUT2D eigenvalue weighted by molar-refractivity contribution is 6.05. The molecule has 1 amide bonds. The van der Waals surface area contributed by atoms with Crippen LogP contribution in [-0.2, 0) is 13.0 Å². The Morgan fingerprint density at radius 3 is 2.58 bits per heavy atom. The van der Waals surface area contributed by atoms with Gasteiger partial charge in [0.25, 0.3) is 5.91 Å². The summed E-state index contributed by atoms with van der Waals surface area (Å²) in [6.45, 7) is 2.86. The lowest BCUT2D eigenvalue weighted by molar-refractivity contribution is 0.102. The molecule has 134 valence electrons. The van der Waals surface area contributed by atoms with Gasteiger partial charge in [0.05, 0.1) is 23.1 Å². The second kappa shape index (κ2) is 7.97. The zero-order chi connectivity index (χ0) is 18.5. The van der Waals surface area contributed by atoms with Crippen molar-refractivity contribution in [3.63, 3.8) is 0 Å². The number of hydrogen-bond donors (Lipinski definition) is 1. The molecule has 1 aromatic heterocycles. The molecule has 1 N–H and O–H groups in total. The van der Waals surface area contributed by atoms with Crippen LogP contribution < -0.4 is 5.32 Å². The number of carbonyl (C=O) groups is 1. The minimum absolute atomic E-state index is 0.133. The van der Waals surface area contributed by atoms with E-state index >= 15 is 0 Å². The summed E-state index contributed by atoms with van der Waals surface area (Å²) >= 11 is 0. The van der Waals surface area contributed by atoms with E-state index in [0.717, 1.165) is 35.6 Å². The van der Waals surface area contributed by atoms with Crippen LogP contribution >= 0.6 is 0 Å². The van der Waals surface area contributed by atoms with Gasteiger partial charge in [-0.2, -0.15) is 5.10 Å². The smallest absolute Gasteiger partial charge is 0.259 e. The van der Waals surface area contributed by atoms with Crippen LogP contribution in [0.1, 0.15) is 28.5 Å². The Hall–Kier alpha value is -2.92. The van der Waals surface area contributed by atoms with Crippen molar-refractivity contribution in [1.82, 2.24) is 14.7 Å². The first-order valence-corrected chi connectivity index (χ1v) is 8.76. The largest absolute Gasteiger partial charge is 0.322 e. The maximum absolute atomic E-state index is 12.8. The first kappa shape index (κ1) is 17.9. The van der Waals surface area contributed by atoms with Gasteiger partial charge in [-0.3, -0.25) is 4.79 Å². The summed E-state index contributed by atoms with van der Waals surface area (Å²) in [6.07, 6.45) is 2.36. The maximum atomic E-state index is 12.8. The summed E-state index contributed by atoms with van der Waals surface area (Å²) in [5, 5.41) is 7.43. The Morgan fingerprint density at radius 2 is 1.88 bits per heavy atom. The van der Waals surface area contributed by atoms with Gasteiger partial charge in [0.15, 0.2) is 0 Å². The third kappa shape index (κ3) is 4.00. The van der Waals surface area contributed by atoms with Crippen molar-refractivity contribution in [2.45, 2.75) is 19.9 Å². The molecule has 3 aromatic rings. The van der Waals surface area contributed by atoms with E-state index in [2.05, 4.69) is 21.4 Å². The zero-order valence-corrected chi connectivity index (χ0v) is 15.4. The van der Waals surface area contributed by atoms with Gasteiger partial charge in [-0.25, -0.2) is 4.68 Å². The molecule has 0 aliphatic rings. The number of aromatic nitrogens is 2. The van der Waals surface area contributed by atoms with E-state index in [1.165, 1.54) is 0 Å². The summed E-state index contributed by atoms with van der Waals surface area (Å²) in [6, 6.07) is 17.8. The van der Waals surface area contributed by atoms with E-state index < -0.39 is 0 Å². The molecule has 5 nitrogen and oxygen atoms in total. The van der Waals surface area contributed by atoms with Gasteiger partial charge >= 0.3 is 0 Å². The number of nitrogens with one attached hydrogen (secondary N) is 1. The number of amides is 1. The fraction of sp³-hybridized carbons (Fsp3) is 0.238. The molecule has 0 aliphatic heterocycles. The van der Waals surface area contributed by atoms with E-state index in [1.807, 2.05) is 74.2 Å². The number of nitrogens with zero attached hydrogens (tertiary/aromatic N) is 3. The summed E-state index contributed by atoms with van der Waals surface area (Å²) in [7, 11) is 4.05. The molecule has 0 saturated carbocycles. The quantitative estimate of drug-likeness (QED) is 0.738. The third-order valence-corrected chi connectivity index (χ3v) is 4.13. The van der Waals surface area contributed by atoms with Crippen molar-refractivity contribution >= 4 is 11.6 Å².